The van der Waals surface area contributed by atoms with E-state index >= 15 is 0 Å². The number of imidazole rings is 1. The van der Waals surface area contributed by atoms with Gasteiger partial charge in [0.15, 0.2) is 0 Å². The van der Waals surface area contributed by atoms with Gasteiger partial charge in [0.1, 0.15) is 5.82 Å². The SMILES string of the molecule is CCc1nccn1CCNC(=O)[C@H]1CC(=O)N(CC)C1. The zero-order valence-corrected chi connectivity index (χ0v) is 12.1. The first-order chi connectivity index (χ1) is 9.65. The summed E-state index contributed by atoms with van der Waals surface area (Å²) in [5.41, 5.74) is 0. The van der Waals surface area contributed by atoms with Crippen molar-refractivity contribution in [1.29, 1.82) is 0 Å². The number of aromatic nitrogens is 2. The molecule has 2 heterocycles. The quantitative estimate of drug-likeness (QED) is 0.820. The smallest absolute Gasteiger partial charge is 0.225 e. The molecule has 0 radical (unpaired) electrons. The molecule has 20 heavy (non-hydrogen) atoms. The second kappa shape index (κ2) is 6.54. The van der Waals surface area contributed by atoms with Gasteiger partial charge in [-0.15, -0.1) is 0 Å². The maximum absolute atomic E-state index is 12.0. The fourth-order valence-corrected chi connectivity index (χ4v) is 2.56. The number of aryl methyl sites for hydroxylation is 1. The van der Waals surface area contributed by atoms with E-state index in [1.54, 1.807) is 11.1 Å². The standard InChI is InChI=1S/C14H22N4O2/c1-3-12-15-5-7-18(12)8-6-16-14(20)11-9-13(19)17(4-2)10-11/h5,7,11H,3-4,6,8-10H2,1-2H3,(H,16,20)/t11-/m0/s1. The predicted octanol–water partition coefficient (Wildman–Crippen LogP) is 0.430. The second-order valence-electron chi connectivity index (χ2n) is 5.01. The Morgan fingerprint density at radius 1 is 1.50 bits per heavy atom. The first kappa shape index (κ1) is 14.6. The largest absolute Gasteiger partial charge is 0.354 e. The summed E-state index contributed by atoms with van der Waals surface area (Å²) in [4.78, 5) is 29.6. The van der Waals surface area contributed by atoms with Gasteiger partial charge in [-0.3, -0.25) is 9.59 Å². The number of likely N-dealkylation sites (tertiary alicyclic amines) is 1. The third-order valence-corrected chi connectivity index (χ3v) is 3.74. The normalized spacial score (nSPS) is 18.6. The molecule has 1 saturated heterocycles. The van der Waals surface area contributed by atoms with Crippen molar-refractivity contribution in [2.75, 3.05) is 19.6 Å². The molecule has 2 amide bonds. The highest BCUT2D eigenvalue weighted by atomic mass is 16.2. The predicted molar refractivity (Wildman–Crippen MR) is 75.0 cm³/mol. The Labute approximate surface area is 119 Å². The van der Waals surface area contributed by atoms with Gasteiger partial charge in [0, 0.05) is 51.4 Å². The minimum absolute atomic E-state index is 0.0209. The van der Waals surface area contributed by atoms with E-state index in [1.807, 2.05) is 17.7 Å². The van der Waals surface area contributed by atoms with E-state index in [2.05, 4.69) is 17.2 Å². The van der Waals surface area contributed by atoms with Crippen molar-refractivity contribution in [2.24, 2.45) is 5.92 Å². The van der Waals surface area contributed by atoms with Crippen molar-refractivity contribution in [3.05, 3.63) is 18.2 Å². The van der Waals surface area contributed by atoms with Crippen molar-refractivity contribution in [1.82, 2.24) is 19.8 Å². The molecule has 1 fully saturated rings. The number of carbonyl (C=O) groups excluding carboxylic acids is 2. The average Bonchev–Trinajstić information content (AvgIpc) is 3.04. The highest BCUT2D eigenvalue weighted by Gasteiger charge is 2.32. The van der Waals surface area contributed by atoms with E-state index in [1.165, 1.54) is 0 Å². The lowest BCUT2D eigenvalue weighted by Crippen LogP contribution is -2.34. The Kier molecular flexibility index (Phi) is 4.76. The first-order valence-corrected chi connectivity index (χ1v) is 7.21. The van der Waals surface area contributed by atoms with Crippen LogP contribution in [-0.2, 0) is 22.6 Å². The lowest BCUT2D eigenvalue weighted by Gasteiger charge is -2.14. The number of carbonyl (C=O) groups is 2. The van der Waals surface area contributed by atoms with Gasteiger partial charge in [0.25, 0.3) is 0 Å². The van der Waals surface area contributed by atoms with Crippen molar-refractivity contribution in [3.63, 3.8) is 0 Å². The highest BCUT2D eigenvalue weighted by molar-refractivity contribution is 5.89. The van der Waals surface area contributed by atoms with Gasteiger partial charge < -0.3 is 14.8 Å². The third kappa shape index (κ3) is 3.18. The second-order valence-corrected chi connectivity index (χ2v) is 5.01. The van der Waals surface area contributed by atoms with Crippen LogP contribution in [0.3, 0.4) is 0 Å². The molecule has 1 aliphatic heterocycles. The van der Waals surface area contributed by atoms with Crippen LogP contribution >= 0.6 is 0 Å². The summed E-state index contributed by atoms with van der Waals surface area (Å²) in [6, 6.07) is 0. The summed E-state index contributed by atoms with van der Waals surface area (Å²) in [5.74, 6) is 0.881. The molecule has 1 N–H and O–H groups in total. The molecular weight excluding hydrogens is 256 g/mol. The van der Waals surface area contributed by atoms with Crippen LogP contribution in [0, 0.1) is 5.92 Å². The Bertz CT molecular complexity index is 483. The van der Waals surface area contributed by atoms with E-state index in [-0.39, 0.29) is 17.7 Å². The number of hydrogen-bond donors (Lipinski definition) is 1. The summed E-state index contributed by atoms with van der Waals surface area (Å²) >= 11 is 0. The van der Waals surface area contributed by atoms with Crippen LogP contribution in [0.1, 0.15) is 26.1 Å². The van der Waals surface area contributed by atoms with E-state index < -0.39 is 0 Å². The van der Waals surface area contributed by atoms with Gasteiger partial charge in [-0.1, -0.05) is 6.92 Å². The molecule has 110 valence electrons. The van der Waals surface area contributed by atoms with Crippen LogP contribution in [0.25, 0.3) is 0 Å². The molecule has 6 heteroatoms. The van der Waals surface area contributed by atoms with Gasteiger partial charge >= 0.3 is 0 Å². The molecule has 0 aromatic carbocycles. The van der Waals surface area contributed by atoms with Crippen LogP contribution in [0.15, 0.2) is 12.4 Å². The van der Waals surface area contributed by atoms with Crippen molar-refractivity contribution in [3.8, 4) is 0 Å². The molecule has 1 aromatic heterocycles. The zero-order valence-electron chi connectivity index (χ0n) is 12.1. The maximum atomic E-state index is 12.0. The lowest BCUT2D eigenvalue weighted by atomic mass is 10.1. The minimum Gasteiger partial charge on any atom is -0.354 e. The molecule has 1 aromatic rings. The van der Waals surface area contributed by atoms with E-state index in [9.17, 15) is 9.59 Å². The Hall–Kier alpha value is -1.85. The Morgan fingerprint density at radius 2 is 2.30 bits per heavy atom. The maximum Gasteiger partial charge on any atom is 0.225 e. The van der Waals surface area contributed by atoms with E-state index in [4.69, 9.17) is 0 Å². The van der Waals surface area contributed by atoms with Crippen LogP contribution in [0.5, 0.6) is 0 Å². The molecule has 2 rings (SSSR count). The van der Waals surface area contributed by atoms with Crippen LogP contribution < -0.4 is 5.32 Å². The van der Waals surface area contributed by atoms with Gasteiger partial charge in [-0.05, 0) is 6.92 Å². The summed E-state index contributed by atoms with van der Waals surface area (Å²) in [7, 11) is 0. The molecular formula is C14H22N4O2. The monoisotopic (exact) mass is 278 g/mol. The van der Waals surface area contributed by atoms with Crippen LogP contribution in [-0.4, -0.2) is 45.9 Å². The topological polar surface area (TPSA) is 67.2 Å². The average molecular weight is 278 g/mol. The van der Waals surface area contributed by atoms with Gasteiger partial charge in [-0.2, -0.15) is 0 Å². The summed E-state index contributed by atoms with van der Waals surface area (Å²) in [5, 5.41) is 2.91. The molecule has 1 aliphatic rings. The van der Waals surface area contributed by atoms with Crippen LogP contribution in [0.2, 0.25) is 0 Å². The van der Waals surface area contributed by atoms with Gasteiger partial charge in [0.05, 0.1) is 5.92 Å². The third-order valence-electron chi connectivity index (χ3n) is 3.74. The number of nitrogens with zero attached hydrogens (tertiary/aromatic N) is 3. The number of amides is 2. The van der Waals surface area contributed by atoms with Gasteiger partial charge in [-0.25, -0.2) is 4.98 Å². The Morgan fingerprint density at radius 3 is 2.95 bits per heavy atom. The van der Waals surface area contributed by atoms with E-state index in [0.29, 0.717) is 32.6 Å². The molecule has 0 spiro atoms. The Balaban J connectivity index is 1.77. The summed E-state index contributed by atoms with van der Waals surface area (Å²) < 4.78 is 2.04. The van der Waals surface area contributed by atoms with Crippen LogP contribution in [0.4, 0.5) is 0 Å². The van der Waals surface area contributed by atoms with Crippen molar-refractivity contribution < 1.29 is 9.59 Å². The fraction of sp³-hybridized carbons (Fsp3) is 0.643. The molecule has 6 nitrogen and oxygen atoms in total. The molecule has 0 aliphatic carbocycles. The highest BCUT2D eigenvalue weighted by Crippen LogP contribution is 2.17. The summed E-state index contributed by atoms with van der Waals surface area (Å²) in [6.07, 6.45) is 4.91. The number of nitrogens with one attached hydrogen (secondary N) is 1. The lowest BCUT2D eigenvalue weighted by molar-refractivity contribution is -0.128. The minimum atomic E-state index is -0.198. The fourth-order valence-electron chi connectivity index (χ4n) is 2.56. The van der Waals surface area contributed by atoms with Crippen molar-refractivity contribution in [2.45, 2.75) is 33.2 Å². The molecule has 0 saturated carbocycles. The molecule has 0 unspecified atom stereocenters. The summed E-state index contributed by atoms with van der Waals surface area (Å²) in [6.45, 7) is 6.50. The van der Waals surface area contributed by atoms with E-state index in [0.717, 1.165) is 12.2 Å². The molecule has 1 atom stereocenters. The number of rotatable bonds is 6. The molecule has 0 bridgehead atoms. The van der Waals surface area contributed by atoms with Crippen molar-refractivity contribution >= 4 is 11.8 Å². The number of hydrogen-bond acceptors (Lipinski definition) is 3. The first-order valence-electron chi connectivity index (χ1n) is 7.21. The zero-order chi connectivity index (χ0) is 14.5. The van der Waals surface area contributed by atoms with Gasteiger partial charge in [0.2, 0.25) is 11.8 Å².